The molecule has 8 heteroatoms. The van der Waals surface area contributed by atoms with Crippen molar-refractivity contribution in [2.75, 3.05) is 19.7 Å². The Bertz CT molecular complexity index is 729. The van der Waals surface area contributed by atoms with E-state index >= 15 is 0 Å². The summed E-state index contributed by atoms with van der Waals surface area (Å²) in [5.74, 6) is 0.665. The van der Waals surface area contributed by atoms with Crippen molar-refractivity contribution in [2.24, 2.45) is 0 Å². The standard InChI is InChI=1S/C15H18N2O4S2/c1-2-20-12-3-5-14(6-4-12)23(18,19)17-9-7-13(11-17)21-15-16-8-10-22-15/h3-6,8,10,13H,2,7,9,11H2,1H3. The number of aromatic nitrogens is 1. The van der Waals surface area contributed by atoms with E-state index in [1.54, 1.807) is 30.5 Å². The highest BCUT2D eigenvalue weighted by molar-refractivity contribution is 7.89. The quantitative estimate of drug-likeness (QED) is 0.797. The molecule has 1 aromatic heterocycles. The minimum Gasteiger partial charge on any atom is -0.494 e. The molecule has 1 fully saturated rings. The van der Waals surface area contributed by atoms with E-state index in [0.29, 0.717) is 37.1 Å². The Labute approximate surface area is 139 Å². The summed E-state index contributed by atoms with van der Waals surface area (Å²) in [6.45, 7) is 3.23. The molecule has 0 aliphatic carbocycles. The maximum Gasteiger partial charge on any atom is 0.273 e. The molecule has 124 valence electrons. The van der Waals surface area contributed by atoms with Gasteiger partial charge in [0.05, 0.1) is 18.0 Å². The van der Waals surface area contributed by atoms with Gasteiger partial charge in [0.1, 0.15) is 11.9 Å². The van der Waals surface area contributed by atoms with Gasteiger partial charge in [-0.15, -0.1) is 0 Å². The van der Waals surface area contributed by atoms with Crippen LogP contribution in [0.3, 0.4) is 0 Å². The van der Waals surface area contributed by atoms with Crippen LogP contribution in [0.15, 0.2) is 40.7 Å². The van der Waals surface area contributed by atoms with Crippen molar-refractivity contribution in [1.29, 1.82) is 0 Å². The molecule has 0 saturated carbocycles. The Kier molecular flexibility index (Phi) is 4.84. The third-order valence-corrected chi connectivity index (χ3v) is 6.10. The van der Waals surface area contributed by atoms with Crippen LogP contribution in [0.1, 0.15) is 13.3 Å². The fourth-order valence-electron chi connectivity index (χ4n) is 2.45. The van der Waals surface area contributed by atoms with Gasteiger partial charge in [0.25, 0.3) is 5.19 Å². The number of rotatable bonds is 6. The lowest BCUT2D eigenvalue weighted by atomic mass is 10.3. The van der Waals surface area contributed by atoms with Gasteiger partial charge in [-0.3, -0.25) is 0 Å². The zero-order chi connectivity index (χ0) is 16.3. The van der Waals surface area contributed by atoms with Gasteiger partial charge in [0.2, 0.25) is 10.0 Å². The van der Waals surface area contributed by atoms with Gasteiger partial charge >= 0.3 is 0 Å². The highest BCUT2D eigenvalue weighted by Crippen LogP contribution is 2.26. The number of hydrogen-bond acceptors (Lipinski definition) is 6. The second kappa shape index (κ2) is 6.86. The summed E-state index contributed by atoms with van der Waals surface area (Å²) in [6.07, 6.45) is 2.18. The van der Waals surface area contributed by atoms with E-state index in [9.17, 15) is 8.42 Å². The first-order valence-corrected chi connectivity index (χ1v) is 9.70. The second-order valence-corrected chi connectivity index (χ2v) is 7.89. The number of hydrogen-bond donors (Lipinski definition) is 0. The lowest BCUT2D eigenvalue weighted by Gasteiger charge is -2.17. The van der Waals surface area contributed by atoms with Crippen molar-refractivity contribution >= 4 is 21.4 Å². The van der Waals surface area contributed by atoms with Crippen LogP contribution in [0.4, 0.5) is 0 Å². The summed E-state index contributed by atoms with van der Waals surface area (Å²) in [4.78, 5) is 4.34. The fourth-order valence-corrected chi connectivity index (χ4v) is 4.48. The number of ether oxygens (including phenoxy) is 2. The topological polar surface area (TPSA) is 68.7 Å². The van der Waals surface area contributed by atoms with E-state index in [2.05, 4.69) is 4.98 Å². The molecular formula is C15H18N2O4S2. The first kappa shape index (κ1) is 16.2. The van der Waals surface area contributed by atoms with Crippen molar-refractivity contribution in [3.8, 4) is 10.9 Å². The van der Waals surface area contributed by atoms with Crippen LogP contribution in [-0.4, -0.2) is 43.5 Å². The van der Waals surface area contributed by atoms with Gasteiger partial charge in [-0.25, -0.2) is 13.4 Å². The van der Waals surface area contributed by atoms with Crippen molar-refractivity contribution < 1.29 is 17.9 Å². The highest BCUT2D eigenvalue weighted by Gasteiger charge is 2.33. The summed E-state index contributed by atoms with van der Waals surface area (Å²) < 4.78 is 37.8. The highest BCUT2D eigenvalue weighted by atomic mass is 32.2. The van der Waals surface area contributed by atoms with E-state index in [1.807, 2.05) is 12.3 Å². The van der Waals surface area contributed by atoms with Crippen LogP contribution in [0.2, 0.25) is 0 Å². The molecule has 3 rings (SSSR count). The molecule has 1 saturated heterocycles. The Morgan fingerprint density at radius 2 is 2.13 bits per heavy atom. The molecule has 2 heterocycles. The SMILES string of the molecule is CCOc1ccc(S(=O)(=O)N2CCC(Oc3nccs3)C2)cc1. The lowest BCUT2D eigenvalue weighted by molar-refractivity contribution is 0.214. The summed E-state index contributed by atoms with van der Waals surface area (Å²) >= 11 is 1.41. The van der Waals surface area contributed by atoms with Crippen LogP contribution < -0.4 is 9.47 Å². The molecule has 0 N–H and O–H groups in total. The van der Waals surface area contributed by atoms with E-state index in [0.717, 1.165) is 0 Å². The molecule has 1 unspecified atom stereocenters. The van der Waals surface area contributed by atoms with Gasteiger partial charge in [-0.05, 0) is 37.6 Å². The molecule has 0 spiro atoms. The van der Waals surface area contributed by atoms with Crippen molar-refractivity contribution in [1.82, 2.24) is 9.29 Å². The maximum atomic E-state index is 12.7. The fraction of sp³-hybridized carbons (Fsp3) is 0.400. The number of benzene rings is 1. The maximum absolute atomic E-state index is 12.7. The molecule has 23 heavy (non-hydrogen) atoms. The van der Waals surface area contributed by atoms with Gasteiger partial charge in [0, 0.05) is 18.1 Å². The Balaban J connectivity index is 1.68. The molecular weight excluding hydrogens is 336 g/mol. The molecule has 0 amide bonds. The van der Waals surface area contributed by atoms with Crippen LogP contribution in [0.25, 0.3) is 0 Å². The molecule has 2 aromatic rings. The van der Waals surface area contributed by atoms with Crippen LogP contribution in [0.5, 0.6) is 10.9 Å². The van der Waals surface area contributed by atoms with Gasteiger partial charge in [-0.1, -0.05) is 11.3 Å². The average molecular weight is 354 g/mol. The first-order valence-electron chi connectivity index (χ1n) is 7.39. The Morgan fingerprint density at radius 3 is 2.78 bits per heavy atom. The third-order valence-electron chi connectivity index (χ3n) is 3.56. The molecule has 0 bridgehead atoms. The number of nitrogens with zero attached hydrogens (tertiary/aromatic N) is 2. The normalized spacial score (nSPS) is 18.9. The van der Waals surface area contributed by atoms with Gasteiger partial charge in [0.15, 0.2) is 0 Å². The van der Waals surface area contributed by atoms with Crippen LogP contribution in [-0.2, 0) is 10.0 Å². The zero-order valence-corrected chi connectivity index (χ0v) is 14.3. The molecule has 1 aliphatic rings. The number of sulfonamides is 1. The van der Waals surface area contributed by atoms with Gasteiger partial charge in [-0.2, -0.15) is 4.31 Å². The summed E-state index contributed by atoms with van der Waals surface area (Å²) in [6, 6.07) is 6.51. The summed E-state index contributed by atoms with van der Waals surface area (Å²) in [5, 5.41) is 2.41. The molecule has 1 atom stereocenters. The molecule has 1 aliphatic heterocycles. The Hall–Kier alpha value is -1.64. The predicted molar refractivity (Wildman–Crippen MR) is 87.5 cm³/mol. The number of thiazole rings is 1. The minimum absolute atomic E-state index is 0.154. The van der Waals surface area contributed by atoms with E-state index in [1.165, 1.54) is 15.6 Å². The largest absolute Gasteiger partial charge is 0.494 e. The molecule has 6 nitrogen and oxygen atoms in total. The summed E-state index contributed by atoms with van der Waals surface area (Å²) in [7, 11) is -3.50. The third kappa shape index (κ3) is 3.65. The van der Waals surface area contributed by atoms with Crippen LogP contribution >= 0.6 is 11.3 Å². The van der Waals surface area contributed by atoms with Crippen LogP contribution in [0, 0.1) is 0 Å². The molecule has 1 aromatic carbocycles. The van der Waals surface area contributed by atoms with E-state index < -0.39 is 10.0 Å². The zero-order valence-electron chi connectivity index (χ0n) is 12.7. The molecule has 0 radical (unpaired) electrons. The van der Waals surface area contributed by atoms with Crippen molar-refractivity contribution in [3.05, 3.63) is 35.8 Å². The van der Waals surface area contributed by atoms with Crippen molar-refractivity contribution in [3.63, 3.8) is 0 Å². The van der Waals surface area contributed by atoms with E-state index in [-0.39, 0.29) is 11.0 Å². The Morgan fingerprint density at radius 1 is 1.35 bits per heavy atom. The van der Waals surface area contributed by atoms with E-state index in [4.69, 9.17) is 9.47 Å². The predicted octanol–water partition coefficient (Wildman–Crippen LogP) is 2.38. The first-order chi connectivity index (χ1) is 11.1. The van der Waals surface area contributed by atoms with Gasteiger partial charge < -0.3 is 9.47 Å². The smallest absolute Gasteiger partial charge is 0.273 e. The second-order valence-electron chi connectivity index (χ2n) is 5.09. The minimum atomic E-state index is -3.50. The summed E-state index contributed by atoms with van der Waals surface area (Å²) in [5.41, 5.74) is 0. The average Bonchev–Trinajstić information content (AvgIpc) is 3.21. The lowest BCUT2D eigenvalue weighted by Crippen LogP contribution is -2.31. The monoisotopic (exact) mass is 354 g/mol. The van der Waals surface area contributed by atoms with Crippen molar-refractivity contribution in [2.45, 2.75) is 24.3 Å².